The molecule has 3 heterocycles. The summed E-state index contributed by atoms with van der Waals surface area (Å²) < 4.78 is 1.83. The molecule has 4 aromatic rings. The van der Waals surface area contributed by atoms with E-state index in [-0.39, 0.29) is 6.10 Å². The van der Waals surface area contributed by atoms with E-state index in [0.717, 1.165) is 59.3 Å². The lowest BCUT2D eigenvalue weighted by atomic mass is 9.93. The number of aromatic nitrogens is 5. The number of fused-ring (bicyclic) bond motifs is 2. The molecule has 3 aromatic heterocycles. The van der Waals surface area contributed by atoms with Crippen molar-refractivity contribution in [3.8, 4) is 0 Å². The topological polar surface area (TPSA) is 103 Å². The fourth-order valence-electron chi connectivity index (χ4n) is 3.93. The molecular weight excluding hydrogens is 354 g/mol. The van der Waals surface area contributed by atoms with Gasteiger partial charge >= 0.3 is 0 Å². The Bertz CT molecular complexity index is 1120. The molecule has 144 valence electrons. The number of pyridine rings is 1. The molecule has 28 heavy (non-hydrogen) atoms. The van der Waals surface area contributed by atoms with Crippen molar-refractivity contribution in [2.24, 2.45) is 0 Å². The number of nitrogens with one attached hydrogen (secondary N) is 3. The Morgan fingerprint density at radius 2 is 2.04 bits per heavy atom. The quantitative estimate of drug-likeness (QED) is 0.435. The number of aryl methyl sites for hydroxylation is 1. The Morgan fingerprint density at radius 3 is 2.89 bits per heavy atom. The lowest BCUT2D eigenvalue weighted by Gasteiger charge is -2.26. The van der Waals surface area contributed by atoms with Gasteiger partial charge in [0.15, 0.2) is 5.65 Å². The lowest BCUT2D eigenvalue weighted by Crippen LogP contribution is -2.29. The van der Waals surface area contributed by atoms with E-state index in [1.54, 1.807) is 0 Å². The van der Waals surface area contributed by atoms with Crippen molar-refractivity contribution in [2.75, 3.05) is 10.6 Å². The second-order valence-electron chi connectivity index (χ2n) is 7.52. The molecule has 0 aliphatic heterocycles. The van der Waals surface area contributed by atoms with Gasteiger partial charge in [-0.2, -0.15) is 14.6 Å². The average Bonchev–Trinajstić information content (AvgIpc) is 3.31. The summed E-state index contributed by atoms with van der Waals surface area (Å²) in [6, 6.07) is 10.4. The number of hydrogen-bond donors (Lipinski definition) is 4. The van der Waals surface area contributed by atoms with Crippen molar-refractivity contribution in [2.45, 2.75) is 44.8 Å². The minimum Gasteiger partial charge on any atom is -0.393 e. The van der Waals surface area contributed by atoms with Gasteiger partial charge in [0, 0.05) is 17.1 Å². The van der Waals surface area contributed by atoms with E-state index in [0.29, 0.717) is 12.0 Å². The van der Waals surface area contributed by atoms with E-state index < -0.39 is 0 Å². The average molecular weight is 377 g/mol. The summed E-state index contributed by atoms with van der Waals surface area (Å²) in [6.07, 6.45) is 5.27. The Kier molecular flexibility index (Phi) is 4.12. The van der Waals surface area contributed by atoms with Crippen LogP contribution >= 0.6 is 0 Å². The molecule has 0 unspecified atom stereocenters. The van der Waals surface area contributed by atoms with Gasteiger partial charge in [-0.3, -0.25) is 5.10 Å². The molecule has 8 heteroatoms. The Hall–Kier alpha value is -3.13. The Labute approximate surface area is 162 Å². The number of nitrogens with zero attached hydrogens (tertiary/aromatic N) is 4. The molecule has 0 spiro atoms. The minimum absolute atomic E-state index is 0.160. The van der Waals surface area contributed by atoms with E-state index in [1.807, 2.05) is 35.0 Å². The highest BCUT2D eigenvalue weighted by Gasteiger charge is 2.20. The first-order chi connectivity index (χ1) is 13.7. The van der Waals surface area contributed by atoms with Crippen LogP contribution in [0.3, 0.4) is 0 Å². The molecule has 0 atom stereocenters. The number of H-pyrrole nitrogens is 1. The molecule has 0 saturated heterocycles. The van der Waals surface area contributed by atoms with Gasteiger partial charge in [-0.15, -0.1) is 5.10 Å². The van der Waals surface area contributed by atoms with Crippen molar-refractivity contribution >= 4 is 34.0 Å². The molecular formula is C20H23N7O. The molecule has 5 rings (SSSR count). The number of benzene rings is 1. The number of aliphatic hydroxyl groups is 1. The second-order valence-corrected chi connectivity index (χ2v) is 7.52. The highest BCUT2D eigenvalue weighted by molar-refractivity contribution is 5.85. The van der Waals surface area contributed by atoms with E-state index in [4.69, 9.17) is 0 Å². The van der Waals surface area contributed by atoms with Gasteiger partial charge < -0.3 is 15.7 Å². The van der Waals surface area contributed by atoms with Crippen molar-refractivity contribution in [3.63, 3.8) is 0 Å². The number of aliphatic hydroxyl groups excluding tert-OH is 1. The van der Waals surface area contributed by atoms with Crippen molar-refractivity contribution < 1.29 is 5.11 Å². The van der Waals surface area contributed by atoms with Crippen LogP contribution in [0, 0.1) is 6.92 Å². The third-order valence-electron chi connectivity index (χ3n) is 5.43. The zero-order chi connectivity index (χ0) is 19.1. The van der Waals surface area contributed by atoms with Gasteiger partial charge in [0.05, 0.1) is 17.8 Å². The Balaban J connectivity index is 1.41. The zero-order valence-corrected chi connectivity index (χ0v) is 15.7. The fourth-order valence-corrected chi connectivity index (χ4v) is 3.93. The Morgan fingerprint density at radius 1 is 1.18 bits per heavy atom. The first kappa shape index (κ1) is 17.0. The third kappa shape index (κ3) is 3.16. The SMILES string of the molecule is Cc1cc(Nc2nc3cccc(N[C@H]4CC[C@@H](O)CC4)n3n2)cc2[nH]ncc12. The molecule has 1 aliphatic carbocycles. The van der Waals surface area contributed by atoms with Gasteiger partial charge in [-0.1, -0.05) is 6.07 Å². The van der Waals surface area contributed by atoms with E-state index in [2.05, 4.69) is 43.9 Å². The minimum atomic E-state index is -0.160. The molecule has 0 bridgehead atoms. The molecule has 0 amide bonds. The largest absolute Gasteiger partial charge is 0.393 e. The highest BCUT2D eigenvalue weighted by Crippen LogP contribution is 2.25. The first-order valence-corrected chi connectivity index (χ1v) is 9.67. The normalized spacial score (nSPS) is 19.9. The van der Waals surface area contributed by atoms with Gasteiger partial charge in [0.1, 0.15) is 5.82 Å². The summed E-state index contributed by atoms with van der Waals surface area (Å²) in [5.41, 5.74) is 3.82. The molecule has 8 nitrogen and oxygen atoms in total. The summed E-state index contributed by atoms with van der Waals surface area (Å²) in [6.45, 7) is 2.06. The summed E-state index contributed by atoms with van der Waals surface area (Å²) >= 11 is 0. The van der Waals surface area contributed by atoms with Crippen LogP contribution in [0.15, 0.2) is 36.5 Å². The molecule has 0 radical (unpaired) electrons. The molecule has 1 aromatic carbocycles. The monoisotopic (exact) mass is 377 g/mol. The van der Waals surface area contributed by atoms with Crippen LogP contribution in [-0.4, -0.2) is 42.0 Å². The number of rotatable bonds is 4. The number of anilines is 3. The molecule has 1 saturated carbocycles. The highest BCUT2D eigenvalue weighted by atomic mass is 16.3. The van der Waals surface area contributed by atoms with Crippen LogP contribution in [0.2, 0.25) is 0 Å². The molecule has 1 fully saturated rings. The van der Waals surface area contributed by atoms with Gasteiger partial charge in [-0.25, -0.2) is 0 Å². The third-order valence-corrected chi connectivity index (χ3v) is 5.43. The maximum Gasteiger partial charge on any atom is 0.247 e. The second kappa shape index (κ2) is 6.79. The zero-order valence-electron chi connectivity index (χ0n) is 15.7. The summed E-state index contributed by atoms with van der Waals surface area (Å²) in [5.74, 6) is 1.46. The maximum absolute atomic E-state index is 9.71. The van der Waals surface area contributed by atoms with Crippen molar-refractivity contribution in [1.29, 1.82) is 0 Å². The van der Waals surface area contributed by atoms with Gasteiger partial charge in [-0.05, 0) is 62.4 Å². The summed E-state index contributed by atoms with van der Waals surface area (Å²) in [4.78, 5) is 4.61. The predicted molar refractivity (Wildman–Crippen MR) is 109 cm³/mol. The van der Waals surface area contributed by atoms with Crippen LogP contribution < -0.4 is 10.6 Å². The van der Waals surface area contributed by atoms with Crippen molar-refractivity contribution in [3.05, 3.63) is 42.1 Å². The van der Waals surface area contributed by atoms with E-state index >= 15 is 0 Å². The fraction of sp³-hybridized carbons (Fsp3) is 0.350. The van der Waals surface area contributed by atoms with Crippen LogP contribution in [-0.2, 0) is 0 Å². The smallest absolute Gasteiger partial charge is 0.247 e. The van der Waals surface area contributed by atoms with Crippen LogP contribution in [0.1, 0.15) is 31.2 Å². The lowest BCUT2D eigenvalue weighted by molar-refractivity contribution is 0.126. The number of aromatic amines is 1. The van der Waals surface area contributed by atoms with Crippen LogP contribution in [0.5, 0.6) is 0 Å². The molecule has 4 N–H and O–H groups in total. The van der Waals surface area contributed by atoms with E-state index in [9.17, 15) is 5.11 Å². The molecule has 1 aliphatic rings. The first-order valence-electron chi connectivity index (χ1n) is 9.67. The number of hydrogen-bond acceptors (Lipinski definition) is 6. The summed E-state index contributed by atoms with van der Waals surface area (Å²) in [7, 11) is 0. The van der Waals surface area contributed by atoms with Gasteiger partial charge in [0.25, 0.3) is 0 Å². The maximum atomic E-state index is 9.71. The van der Waals surface area contributed by atoms with Gasteiger partial charge in [0.2, 0.25) is 5.95 Å². The van der Waals surface area contributed by atoms with Crippen molar-refractivity contribution in [1.82, 2.24) is 24.8 Å². The standard InChI is InChI=1S/C20H23N7O/c1-12-9-14(10-17-16(12)11-21-25-17)23-20-24-19-4-2-3-18(27(19)26-20)22-13-5-7-15(28)8-6-13/h2-4,9-11,13,15,22,28H,5-8H2,1H3,(H,21,25)(H,23,26)/t13-,15+. The van der Waals surface area contributed by atoms with E-state index in [1.165, 1.54) is 0 Å². The predicted octanol–water partition coefficient (Wildman–Crippen LogP) is 3.37. The summed E-state index contributed by atoms with van der Waals surface area (Å²) in [5, 5.41) is 29.4. The van der Waals surface area contributed by atoms with Crippen LogP contribution in [0.25, 0.3) is 16.6 Å². The van der Waals surface area contributed by atoms with Crippen LogP contribution in [0.4, 0.5) is 17.5 Å².